The second-order valence-electron chi connectivity index (χ2n) is 7.30. The highest BCUT2D eigenvalue weighted by molar-refractivity contribution is 5.84. The van der Waals surface area contributed by atoms with E-state index >= 15 is 0 Å². The molecule has 7 heteroatoms. The first-order valence-corrected chi connectivity index (χ1v) is 9.45. The maximum Gasteiger partial charge on any atom is 0.416 e. The van der Waals surface area contributed by atoms with E-state index in [0.29, 0.717) is 17.1 Å². The van der Waals surface area contributed by atoms with Crippen molar-refractivity contribution in [3.8, 4) is 11.6 Å². The van der Waals surface area contributed by atoms with Crippen LogP contribution in [0.2, 0.25) is 0 Å². The summed E-state index contributed by atoms with van der Waals surface area (Å²) in [6.45, 7) is 5.86. The van der Waals surface area contributed by atoms with Gasteiger partial charge in [-0.15, -0.1) is 0 Å². The number of ether oxygens (including phenoxy) is 1. The van der Waals surface area contributed by atoms with E-state index in [2.05, 4.69) is 10.1 Å². The predicted molar refractivity (Wildman–Crippen MR) is 109 cm³/mol. The van der Waals surface area contributed by atoms with Crippen LogP contribution in [-0.2, 0) is 12.8 Å². The SMILES string of the molecule is Cc1ccc(-n2nc(C)c3c(C)cc(OCc4cccc(C(F)(F)F)c4)nc32)cc1. The van der Waals surface area contributed by atoms with Gasteiger partial charge in [0.05, 0.1) is 16.9 Å². The molecule has 0 amide bonds. The van der Waals surface area contributed by atoms with Crippen molar-refractivity contribution in [2.75, 3.05) is 0 Å². The molecule has 0 fully saturated rings. The van der Waals surface area contributed by atoms with Crippen LogP contribution in [0, 0.1) is 20.8 Å². The monoisotopic (exact) mass is 411 g/mol. The molecule has 0 saturated carbocycles. The van der Waals surface area contributed by atoms with Gasteiger partial charge in [-0.2, -0.15) is 23.3 Å². The van der Waals surface area contributed by atoms with Crippen molar-refractivity contribution < 1.29 is 17.9 Å². The fourth-order valence-corrected chi connectivity index (χ4v) is 3.41. The highest BCUT2D eigenvalue weighted by Crippen LogP contribution is 2.30. The van der Waals surface area contributed by atoms with Gasteiger partial charge in [-0.25, -0.2) is 4.68 Å². The zero-order chi connectivity index (χ0) is 21.5. The van der Waals surface area contributed by atoms with Gasteiger partial charge >= 0.3 is 6.18 Å². The maximum atomic E-state index is 12.9. The van der Waals surface area contributed by atoms with Crippen LogP contribution in [0.4, 0.5) is 13.2 Å². The minimum absolute atomic E-state index is 0.0144. The van der Waals surface area contributed by atoms with Crippen molar-refractivity contribution in [2.45, 2.75) is 33.6 Å². The second kappa shape index (κ2) is 7.48. The third kappa shape index (κ3) is 3.87. The topological polar surface area (TPSA) is 39.9 Å². The van der Waals surface area contributed by atoms with Crippen molar-refractivity contribution in [1.82, 2.24) is 14.8 Å². The largest absolute Gasteiger partial charge is 0.473 e. The Labute approximate surface area is 171 Å². The molecule has 0 radical (unpaired) electrons. The highest BCUT2D eigenvalue weighted by atomic mass is 19.4. The Kier molecular flexibility index (Phi) is 4.97. The summed E-state index contributed by atoms with van der Waals surface area (Å²) in [6, 6.07) is 14.8. The zero-order valence-corrected chi connectivity index (χ0v) is 16.8. The van der Waals surface area contributed by atoms with Crippen LogP contribution in [0.1, 0.15) is 27.9 Å². The normalized spacial score (nSPS) is 11.8. The molecule has 4 aromatic rings. The standard InChI is InChI=1S/C23H20F3N3O/c1-14-7-9-19(10-8-14)29-22-21(16(3)28-29)15(2)11-20(27-22)30-13-17-5-4-6-18(12-17)23(24,25)26/h4-12H,13H2,1-3H3. The van der Waals surface area contributed by atoms with Gasteiger partial charge in [-0.1, -0.05) is 29.8 Å². The van der Waals surface area contributed by atoms with E-state index in [9.17, 15) is 13.2 Å². The Morgan fingerprint density at radius 2 is 1.70 bits per heavy atom. The van der Waals surface area contributed by atoms with Crippen molar-refractivity contribution >= 4 is 11.0 Å². The molecule has 2 heterocycles. The lowest BCUT2D eigenvalue weighted by Gasteiger charge is -2.11. The summed E-state index contributed by atoms with van der Waals surface area (Å²) in [5, 5.41) is 5.55. The molecule has 0 bridgehead atoms. The van der Waals surface area contributed by atoms with Gasteiger partial charge in [0.15, 0.2) is 5.65 Å². The number of aromatic nitrogens is 3. The van der Waals surface area contributed by atoms with E-state index in [1.807, 2.05) is 45.0 Å². The molecule has 0 atom stereocenters. The Morgan fingerprint density at radius 1 is 0.967 bits per heavy atom. The predicted octanol–water partition coefficient (Wildman–Crippen LogP) is 5.94. The van der Waals surface area contributed by atoms with E-state index in [0.717, 1.165) is 40.0 Å². The Morgan fingerprint density at radius 3 is 2.40 bits per heavy atom. The summed E-state index contributed by atoms with van der Waals surface area (Å²) in [6.07, 6.45) is -4.39. The summed E-state index contributed by atoms with van der Waals surface area (Å²) in [7, 11) is 0. The first-order valence-electron chi connectivity index (χ1n) is 9.45. The molecule has 30 heavy (non-hydrogen) atoms. The van der Waals surface area contributed by atoms with Crippen molar-refractivity contribution in [2.24, 2.45) is 0 Å². The summed E-state index contributed by atoms with van der Waals surface area (Å²) in [4.78, 5) is 4.60. The molecule has 4 nitrogen and oxygen atoms in total. The van der Waals surface area contributed by atoms with Crippen LogP contribution < -0.4 is 4.74 Å². The first-order chi connectivity index (χ1) is 14.2. The minimum Gasteiger partial charge on any atom is -0.473 e. The lowest BCUT2D eigenvalue weighted by atomic mass is 10.1. The molecule has 0 N–H and O–H groups in total. The summed E-state index contributed by atoms with van der Waals surface area (Å²) in [5.74, 6) is 0.339. The number of benzene rings is 2. The Bertz CT molecular complexity index is 1210. The molecule has 2 aromatic heterocycles. The Balaban J connectivity index is 1.67. The van der Waals surface area contributed by atoms with Gasteiger partial charge in [0.2, 0.25) is 5.88 Å². The van der Waals surface area contributed by atoms with Gasteiger partial charge in [-0.3, -0.25) is 0 Å². The molecule has 0 aliphatic carbocycles. The van der Waals surface area contributed by atoms with Gasteiger partial charge in [-0.05, 0) is 56.2 Å². The fraction of sp³-hybridized carbons (Fsp3) is 0.217. The van der Waals surface area contributed by atoms with Crippen LogP contribution in [0.5, 0.6) is 5.88 Å². The number of aryl methyl sites for hydroxylation is 3. The number of fused-ring (bicyclic) bond motifs is 1. The van der Waals surface area contributed by atoms with Crippen molar-refractivity contribution in [1.29, 1.82) is 0 Å². The van der Waals surface area contributed by atoms with Gasteiger partial charge in [0.25, 0.3) is 0 Å². The summed E-state index contributed by atoms with van der Waals surface area (Å²) < 4.78 is 46.3. The quantitative estimate of drug-likeness (QED) is 0.417. The van der Waals surface area contributed by atoms with E-state index in [4.69, 9.17) is 4.74 Å². The third-order valence-corrected chi connectivity index (χ3v) is 4.91. The van der Waals surface area contributed by atoms with Gasteiger partial charge in [0.1, 0.15) is 6.61 Å². The summed E-state index contributed by atoms with van der Waals surface area (Å²) in [5.41, 5.74) is 4.18. The zero-order valence-electron chi connectivity index (χ0n) is 16.8. The van der Waals surface area contributed by atoms with Gasteiger partial charge < -0.3 is 4.74 Å². The van der Waals surface area contributed by atoms with Crippen LogP contribution in [0.25, 0.3) is 16.7 Å². The molecule has 4 rings (SSSR count). The number of halogens is 3. The van der Waals surface area contributed by atoms with Gasteiger partial charge in [0, 0.05) is 11.5 Å². The molecular weight excluding hydrogens is 391 g/mol. The van der Waals surface area contributed by atoms with Crippen molar-refractivity contribution in [3.05, 3.63) is 82.5 Å². The number of hydrogen-bond donors (Lipinski definition) is 0. The molecule has 0 aliphatic heterocycles. The van der Waals surface area contributed by atoms with E-state index < -0.39 is 11.7 Å². The fourth-order valence-electron chi connectivity index (χ4n) is 3.41. The number of rotatable bonds is 4. The lowest BCUT2D eigenvalue weighted by Crippen LogP contribution is -2.06. The number of alkyl halides is 3. The van der Waals surface area contributed by atoms with Crippen LogP contribution in [0.15, 0.2) is 54.6 Å². The van der Waals surface area contributed by atoms with E-state index in [-0.39, 0.29) is 6.61 Å². The van der Waals surface area contributed by atoms with E-state index in [1.165, 1.54) is 6.07 Å². The average molecular weight is 411 g/mol. The smallest absolute Gasteiger partial charge is 0.416 e. The first kappa shape index (κ1) is 19.9. The van der Waals surface area contributed by atoms with Crippen molar-refractivity contribution in [3.63, 3.8) is 0 Å². The molecule has 0 saturated heterocycles. The molecular formula is C23H20F3N3O. The second-order valence-corrected chi connectivity index (χ2v) is 7.30. The molecule has 0 spiro atoms. The minimum atomic E-state index is -4.39. The van der Waals surface area contributed by atoms with Crippen LogP contribution in [0.3, 0.4) is 0 Å². The molecule has 154 valence electrons. The molecule has 0 aliphatic rings. The number of nitrogens with zero attached hydrogens (tertiary/aromatic N) is 3. The average Bonchev–Trinajstić information content (AvgIpc) is 3.03. The number of hydrogen-bond acceptors (Lipinski definition) is 3. The van der Waals surface area contributed by atoms with Crippen LogP contribution in [-0.4, -0.2) is 14.8 Å². The van der Waals surface area contributed by atoms with E-state index in [1.54, 1.807) is 16.8 Å². The maximum absolute atomic E-state index is 12.9. The third-order valence-electron chi connectivity index (χ3n) is 4.91. The molecule has 0 unspecified atom stereocenters. The van der Waals surface area contributed by atoms with Crippen LogP contribution >= 0.6 is 0 Å². The lowest BCUT2D eigenvalue weighted by molar-refractivity contribution is -0.137. The highest BCUT2D eigenvalue weighted by Gasteiger charge is 2.30. The molecule has 2 aromatic carbocycles. The summed E-state index contributed by atoms with van der Waals surface area (Å²) >= 11 is 0. The Hall–Kier alpha value is -3.35. The number of pyridine rings is 1.